The number of anilines is 1. The van der Waals surface area contributed by atoms with E-state index in [1.54, 1.807) is 29.4 Å². The molecule has 0 aliphatic carbocycles. The van der Waals surface area contributed by atoms with Crippen LogP contribution in [-0.2, 0) is 11.3 Å². The second kappa shape index (κ2) is 10.1. The fourth-order valence-electron chi connectivity index (χ4n) is 2.89. The molecule has 2 heterocycles. The van der Waals surface area contributed by atoms with Gasteiger partial charge in [-0.15, -0.1) is 11.3 Å². The van der Waals surface area contributed by atoms with Gasteiger partial charge in [0.05, 0.1) is 12.1 Å². The lowest BCUT2D eigenvalue weighted by Crippen LogP contribution is -2.25. The van der Waals surface area contributed by atoms with E-state index in [1.807, 2.05) is 47.9 Å². The highest BCUT2D eigenvalue weighted by Crippen LogP contribution is 2.20. The Balaban J connectivity index is 1.71. The Morgan fingerprint density at radius 2 is 1.97 bits per heavy atom. The molecule has 6 nitrogen and oxygen atoms in total. The van der Waals surface area contributed by atoms with Crippen LogP contribution in [0.15, 0.2) is 47.9 Å². The van der Waals surface area contributed by atoms with E-state index in [0.29, 0.717) is 12.4 Å². The van der Waals surface area contributed by atoms with E-state index in [0.717, 1.165) is 41.1 Å². The summed E-state index contributed by atoms with van der Waals surface area (Å²) in [6.45, 7) is 2.19. The molecular formula is C22H27N5OS. The predicted molar refractivity (Wildman–Crippen MR) is 121 cm³/mol. The number of aromatic nitrogens is 2. The van der Waals surface area contributed by atoms with E-state index in [-0.39, 0.29) is 5.91 Å². The number of para-hydroxylation sites is 1. The van der Waals surface area contributed by atoms with E-state index in [2.05, 4.69) is 29.3 Å². The number of fused-ring (bicyclic) bond motifs is 1. The lowest BCUT2D eigenvalue weighted by Gasteiger charge is -2.16. The highest BCUT2D eigenvalue weighted by molar-refractivity contribution is 7.10. The van der Waals surface area contributed by atoms with Gasteiger partial charge in [-0.2, -0.15) is 0 Å². The van der Waals surface area contributed by atoms with Gasteiger partial charge in [0, 0.05) is 29.9 Å². The number of rotatable bonds is 9. The number of thiophene rings is 1. The average molecular weight is 410 g/mol. The second-order valence-electron chi connectivity index (χ2n) is 7.13. The molecule has 0 bridgehead atoms. The van der Waals surface area contributed by atoms with Gasteiger partial charge in [0.25, 0.3) is 0 Å². The summed E-state index contributed by atoms with van der Waals surface area (Å²) in [4.78, 5) is 26.6. The van der Waals surface area contributed by atoms with Gasteiger partial charge in [-0.05, 0) is 56.7 Å². The summed E-state index contributed by atoms with van der Waals surface area (Å²) in [5, 5.41) is 6.42. The first-order valence-electron chi connectivity index (χ1n) is 9.64. The van der Waals surface area contributed by atoms with Crippen LogP contribution in [0.25, 0.3) is 17.0 Å². The van der Waals surface area contributed by atoms with E-state index in [1.165, 1.54) is 0 Å². The third-order valence-corrected chi connectivity index (χ3v) is 5.25. The number of carbonyl (C=O) groups excluding carboxylic acids is 1. The Hall–Kier alpha value is -2.77. The Morgan fingerprint density at radius 1 is 1.14 bits per heavy atom. The second-order valence-corrected chi connectivity index (χ2v) is 8.11. The van der Waals surface area contributed by atoms with Crippen molar-refractivity contribution >= 4 is 40.0 Å². The van der Waals surface area contributed by atoms with Crippen molar-refractivity contribution in [3.63, 3.8) is 0 Å². The SMILES string of the molecule is CN(C)CCCNc1nc(CN(C)C(=O)C=Cc2cccs2)nc2ccccc12. The molecule has 29 heavy (non-hydrogen) atoms. The molecule has 0 unspecified atom stereocenters. The predicted octanol–water partition coefficient (Wildman–Crippen LogP) is 3.73. The van der Waals surface area contributed by atoms with Crippen molar-refractivity contribution in [2.24, 2.45) is 0 Å². The van der Waals surface area contributed by atoms with Gasteiger partial charge in [0.2, 0.25) is 5.91 Å². The zero-order chi connectivity index (χ0) is 20.6. The van der Waals surface area contributed by atoms with Crippen LogP contribution in [0.3, 0.4) is 0 Å². The summed E-state index contributed by atoms with van der Waals surface area (Å²) < 4.78 is 0. The summed E-state index contributed by atoms with van der Waals surface area (Å²) in [5.74, 6) is 1.37. The number of nitrogens with one attached hydrogen (secondary N) is 1. The number of amides is 1. The van der Waals surface area contributed by atoms with Crippen LogP contribution >= 0.6 is 11.3 Å². The summed E-state index contributed by atoms with van der Waals surface area (Å²) in [5.41, 5.74) is 0.877. The molecule has 1 N–H and O–H groups in total. The molecule has 2 aromatic heterocycles. The average Bonchev–Trinajstić information content (AvgIpc) is 3.22. The van der Waals surface area contributed by atoms with Gasteiger partial charge in [0.1, 0.15) is 5.82 Å². The molecule has 0 atom stereocenters. The van der Waals surface area contributed by atoms with Crippen molar-refractivity contribution in [3.8, 4) is 0 Å². The molecular weight excluding hydrogens is 382 g/mol. The van der Waals surface area contributed by atoms with Gasteiger partial charge < -0.3 is 15.1 Å². The summed E-state index contributed by atoms with van der Waals surface area (Å²) >= 11 is 1.60. The normalized spacial score (nSPS) is 11.4. The minimum atomic E-state index is -0.0735. The Kier molecular flexibility index (Phi) is 7.32. The highest BCUT2D eigenvalue weighted by Gasteiger charge is 2.12. The fraction of sp³-hybridized carbons (Fsp3) is 0.318. The zero-order valence-electron chi connectivity index (χ0n) is 17.1. The van der Waals surface area contributed by atoms with Crippen LogP contribution in [-0.4, -0.2) is 59.9 Å². The maximum absolute atomic E-state index is 12.4. The molecule has 0 saturated heterocycles. The number of likely N-dealkylation sites (N-methyl/N-ethyl adjacent to an activating group) is 1. The van der Waals surface area contributed by atoms with Crippen molar-refractivity contribution in [2.75, 3.05) is 39.5 Å². The standard InChI is InChI=1S/C22H27N5OS/c1-26(2)14-7-13-23-22-18-9-4-5-10-19(18)24-20(25-22)16-27(3)21(28)12-11-17-8-6-15-29-17/h4-6,8-12,15H,7,13-14,16H2,1-3H3,(H,23,24,25). The minimum absolute atomic E-state index is 0.0735. The molecule has 0 saturated carbocycles. The van der Waals surface area contributed by atoms with Crippen LogP contribution in [0.4, 0.5) is 5.82 Å². The van der Waals surface area contributed by atoms with Crippen molar-refractivity contribution in [1.82, 2.24) is 19.8 Å². The molecule has 3 aromatic rings. The summed E-state index contributed by atoms with van der Waals surface area (Å²) in [7, 11) is 5.90. The van der Waals surface area contributed by atoms with Crippen LogP contribution in [0.5, 0.6) is 0 Å². The van der Waals surface area contributed by atoms with Crippen LogP contribution in [0.1, 0.15) is 17.1 Å². The summed E-state index contributed by atoms with van der Waals surface area (Å²) in [6, 6.07) is 11.9. The molecule has 3 rings (SSSR count). The third-order valence-electron chi connectivity index (χ3n) is 4.41. The number of hydrogen-bond donors (Lipinski definition) is 1. The van der Waals surface area contributed by atoms with E-state index < -0.39 is 0 Å². The van der Waals surface area contributed by atoms with Crippen LogP contribution < -0.4 is 5.32 Å². The van der Waals surface area contributed by atoms with Crippen LogP contribution in [0.2, 0.25) is 0 Å². The van der Waals surface area contributed by atoms with Crippen molar-refractivity contribution in [2.45, 2.75) is 13.0 Å². The molecule has 1 amide bonds. The Labute approximate surface area is 175 Å². The quantitative estimate of drug-likeness (QED) is 0.431. The molecule has 0 fully saturated rings. The van der Waals surface area contributed by atoms with Gasteiger partial charge in [-0.1, -0.05) is 18.2 Å². The smallest absolute Gasteiger partial charge is 0.246 e. The largest absolute Gasteiger partial charge is 0.369 e. The molecule has 0 radical (unpaired) electrons. The Bertz CT molecular complexity index is 969. The number of hydrogen-bond acceptors (Lipinski definition) is 6. The first-order chi connectivity index (χ1) is 14.0. The first-order valence-corrected chi connectivity index (χ1v) is 10.5. The lowest BCUT2D eigenvalue weighted by atomic mass is 10.2. The molecule has 0 aliphatic rings. The first kappa shape index (κ1) is 21.0. The molecule has 152 valence electrons. The Morgan fingerprint density at radius 3 is 2.72 bits per heavy atom. The number of carbonyl (C=O) groups is 1. The zero-order valence-corrected chi connectivity index (χ0v) is 17.9. The van der Waals surface area contributed by atoms with Crippen molar-refractivity contribution in [3.05, 3.63) is 58.6 Å². The van der Waals surface area contributed by atoms with Gasteiger partial charge in [-0.3, -0.25) is 4.79 Å². The number of nitrogens with zero attached hydrogens (tertiary/aromatic N) is 4. The monoisotopic (exact) mass is 409 g/mol. The van der Waals surface area contributed by atoms with E-state index >= 15 is 0 Å². The van der Waals surface area contributed by atoms with E-state index in [9.17, 15) is 4.79 Å². The highest BCUT2D eigenvalue weighted by atomic mass is 32.1. The van der Waals surface area contributed by atoms with Gasteiger partial charge in [-0.25, -0.2) is 9.97 Å². The van der Waals surface area contributed by atoms with Gasteiger partial charge >= 0.3 is 0 Å². The molecule has 0 spiro atoms. The summed E-state index contributed by atoms with van der Waals surface area (Å²) in [6.07, 6.45) is 4.45. The lowest BCUT2D eigenvalue weighted by molar-refractivity contribution is -0.125. The van der Waals surface area contributed by atoms with E-state index in [4.69, 9.17) is 4.98 Å². The maximum Gasteiger partial charge on any atom is 0.246 e. The third kappa shape index (κ3) is 6.10. The minimum Gasteiger partial charge on any atom is -0.369 e. The number of benzene rings is 1. The van der Waals surface area contributed by atoms with Crippen LogP contribution in [0, 0.1) is 0 Å². The van der Waals surface area contributed by atoms with Crippen molar-refractivity contribution < 1.29 is 4.79 Å². The van der Waals surface area contributed by atoms with Gasteiger partial charge in [0.15, 0.2) is 5.82 Å². The molecule has 0 aliphatic heterocycles. The van der Waals surface area contributed by atoms with Crippen molar-refractivity contribution in [1.29, 1.82) is 0 Å². The molecule has 1 aromatic carbocycles. The molecule has 7 heteroatoms. The fourth-order valence-corrected chi connectivity index (χ4v) is 3.51. The maximum atomic E-state index is 12.4. The topological polar surface area (TPSA) is 61.4 Å².